The van der Waals surface area contributed by atoms with E-state index < -0.39 is 5.60 Å². The molecule has 0 aromatic heterocycles. The Balaban J connectivity index is 1.88. The van der Waals surface area contributed by atoms with Crippen molar-refractivity contribution in [1.29, 1.82) is 0 Å². The van der Waals surface area contributed by atoms with Crippen molar-refractivity contribution < 1.29 is 9.84 Å². The number of ether oxygens (including phenoxy) is 1. The van der Waals surface area contributed by atoms with E-state index in [-0.39, 0.29) is 0 Å². The van der Waals surface area contributed by atoms with Crippen LogP contribution in [0.5, 0.6) is 5.75 Å². The number of methoxy groups -OCH3 is 1. The zero-order valence-corrected chi connectivity index (χ0v) is 13.8. The standard InChI is InChI=1S/C19H30O2/c1-15(2)17-5-4-12-19(20,14-11-17)13-10-16-6-8-18(21-3)9-7-16/h6-9,15,17,20H,4-5,10-14H2,1-3H3. The van der Waals surface area contributed by atoms with E-state index in [0.717, 1.165) is 43.3 Å². The van der Waals surface area contributed by atoms with Gasteiger partial charge >= 0.3 is 0 Å². The molecular weight excluding hydrogens is 260 g/mol. The second kappa shape index (κ2) is 7.31. The Morgan fingerprint density at radius 3 is 2.52 bits per heavy atom. The Kier molecular flexibility index (Phi) is 5.69. The van der Waals surface area contributed by atoms with Crippen LogP contribution in [0.3, 0.4) is 0 Å². The molecule has 1 aromatic rings. The predicted molar refractivity (Wildman–Crippen MR) is 87.7 cm³/mol. The van der Waals surface area contributed by atoms with Crippen molar-refractivity contribution >= 4 is 0 Å². The van der Waals surface area contributed by atoms with E-state index in [0.29, 0.717) is 0 Å². The summed E-state index contributed by atoms with van der Waals surface area (Å²) < 4.78 is 5.18. The third-order valence-corrected chi connectivity index (χ3v) is 5.18. The monoisotopic (exact) mass is 290 g/mol. The van der Waals surface area contributed by atoms with Gasteiger partial charge in [-0.3, -0.25) is 0 Å². The van der Waals surface area contributed by atoms with E-state index in [1.54, 1.807) is 7.11 Å². The van der Waals surface area contributed by atoms with Gasteiger partial charge in [-0.25, -0.2) is 0 Å². The van der Waals surface area contributed by atoms with Crippen molar-refractivity contribution in [1.82, 2.24) is 0 Å². The molecule has 2 heteroatoms. The van der Waals surface area contributed by atoms with E-state index in [1.165, 1.54) is 24.8 Å². The van der Waals surface area contributed by atoms with Crippen LogP contribution in [0.15, 0.2) is 24.3 Å². The maximum atomic E-state index is 10.9. The molecule has 1 aromatic carbocycles. The lowest BCUT2D eigenvalue weighted by molar-refractivity contribution is 0.0152. The molecule has 0 spiro atoms. The number of benzene rings is 1. The molecule has 0 aliphatic heterocycles. The summed E-state index contributed by atoms with van der Waals surface area (Å²) >= 11 is 0. The topological polar surface area (TPSA) is 29.5 Å². The normalized spacial score (nSPS) is 26.6. The summed E-state index contributed by atoms with van der Waals surface area (Å²) in [5.41, 5.74) is 0.831. The summed E-state index contributed by atoms with van der Waals surface area (Å²) in [6, 6.07) is 8.22. The maximum Gasteiger partial charge on any atom is 0.118 e. The molecule has 0 heterocycles. The average Bonchev–Trinajstić information content (AvgIpc) is 2.68. The van der Waals surface area contributed by atoms with Crippen LogP contribution in [0.2, 0.25) is 0 Å². The number of hydrogen-bond acceptors (Lipinski definition) is 2. The molecular formula is C19H30O2. The minimum atomic E-state index is -0.455. The van der Waals surface area contributed by atoms with Crippen LogP contribution in [0, 0.1) is 11.8 Å². The molecule has 2 nitrogen and oxygen atoms in total. The average molecular weight is 290 g/mol. The summed E-state index contributed by atoms with van der Waals surface area (Å²) in [5.74, 6) is 2.43. The number of aryl methyl sites for hydroxylation is 1. The van der Waals surface area contributed by atoms with Crippen LogP contribution in [-0.2, 0) is 6.42 Å². The first kappa shape index (κ1) is 16.4. The van der Waals surface area contributed by atoms with E-state index in [4.69, 9.17) is 4.74 Å². The molecule has 1 N–H and O–H groups in total. The number of rotatable bonds is 5. The van der Waals surface area contributed by atoms with Crippen LogP contribution in [0.1, 0.15) is 57.9 Å². The predicted octanol–water partition coefficient (Wildman–Crippen LogP) is 4.60. The van der Waals surface area contributed by atoms with Gasteiger partial charge in [0.05, 0.1) is 12.7 Å². The minimum Gasteiger partial charge on any atom is -0.497 e. The van der Waals surface area contributed by atoms with E-state index >= 15 is 0 Å². The summed E-state index contributed by atoms with van der Waals surface area (Å²) in [5, 5.41) is 10.9. The van der Waals surface area contributed by atoms with Crippen molar-refractivity contribution in [3.8, 4) is 5.75 Å². The summed E-state index contributed by atoms with van der Waals surface area (Å²) in [6.07, 6.45) is 7.39. The Bertz CT molecular complexity index is 424. The van der Waals surface area contributed by atoms with Crippen molar-refractivity contribution in [2.45, 2.75) is 64.4 Å². The first-order valence-electron chi connectivity index (χ1n) is 8.38. The van der Waals surface area contributed by atoms with Gasteiger partial charge in [-0.2, -0.15) is 0 Å². The third kappa shape index (κ3) is 4.74. The van der Waals surface area contributed by atoms with Crippen LogP contribution in [0.25, 0.3) is 0 Å². The van der Waals surface area contributed by atoms with Gasteiger partial charge in [0.2, 0.25) is 0 Å². The zero-order valence-electron chi connectivity index (χ0n) is 13.8. The summed E-state index contributed by atoms with van der Waals surface area (Å²) in [4.78, 5) is 0. The Morgan fingerprint density at radius 2 is 1.90 bits per heavy atom. The van der Waals surface area contributed by atoms with Crippen molar-refractivity contribution in [2.24, 2.45) is 11.8 Å². The summed E-state index contributed by atoms with van der Waals surface area (Å²) in [6.45, 7) is 4.62. The number of hydrogen-bond donors (Lipinski definition) is 1. The molecule has 2 unspecified atom stereocenters. The van der Waals surface area contributed by atoms with E-state index in [2.05, 4.69) is 26.0 Å². The molecule has 21 heavy (non-hydrogen) atoms. The van der Waals surface area contributed by atoms with Crippen LogP contribution < -0.4 is 4.74 Å². The molecule has 0 saturated heterocycles. The minimum absolute atomic E-state index is 0.455. The van der Waals surface area contributed by atoms with Crippen LogP contribution in [-0.4, -0.2) is 17.8 Å². The van der Waals surface area contributed by atoms with Gasteiger partial charge in [-0.1, -0.05) is 38.8 Å². The molecule has 1 fully saturated rings. The lowest BCUT2D eigenvalue weighted by Crippen LogP contribution is -2.28. The molecule has 1 saturated carbocycles. The summed E-state index contributed by atoms with van der Waals surface area (Å²) in [7, 11) is 1.69. The van der Waals surface area contributed by atoms with Gasteiger partial charge in [0, 0.05) is 0 Å². The Morgan fingerprint density at radius 1 is 1.19 bits per heavy atom. The fourth-order valence-corrected chi connectivity index (χ4v) is 3.50. The number of aliphatic hydroxyl groups is 1. The molecule has 0 radical (unpaired) electrons. The molecule has 0 bridgehead atoms. The van der Waals surface area contributed by atoms with E-state index in [1.807, 2.05) is 12.1 Å². The van der Waals surface area contributed by atoms with Crippen molar-refractivity contribution in [2.75, 3.05) is 7.11 Å². The highest BCUT2D eigenvalue weighted by atomic mass is 16.5. The largest absolute Gasteiger partial charge is 0.497 e. The van der Waals surface area contributed by atoms with Gasteiger partial charge in [0.1, 0.15) is 5.75 Å². The fourth-order valence-electron chi connectivity index (χ4n) is 3.50. The first-order valence-corrected chi connectivity index (χ1v) is 8.38. The van der Waals surface area contributed by atoms with Gasteiger partial charge < -0.3 is 9.84 Å². The molecule has 1 aliphatic carbocycles. The fraction of sp³-hybridized carbons (Fsp3) is 0.684. The second-order valence-corrected chi connectivity index (χ2v) is 7.01. The highest BCUT2D eigenvalue weighted by Crippen LogP contribution is 2.36. The van der Waals surface area contributed by atoms with Gasteiger partial charge in [-0.05, 0) is 61.6 Å². The SMILES string of the molecule is COc1ccc(CCC2(O)CCCC(C(C)C)CC2)cc1. The van der Waals surface area contributed by atoms with Crippen LogP contribution in [0.4, 0.5) is 0 Å². The van der Waals surface area contributed by atoms with Crippen LogP contribution >= 0.6 is 0 Å². The lowest BCUT2D eigenvalue weighted by Gasteiger charge is -2.27. The van der Waals surface area contributed by atoms with Crippen molar-refractivity contribution in [3.05, 3.63) is 29.8 Å². The van der Waals surface area contributed by atoms with E-state index in [9.17, 15) is 5.11 Å². The second-order valence-electron chi connectivity index (χ2n) is 7.01. The quantitative estimate of drug-likeness (QED) is 0.803. The molecule has 0 amide bonds. The Hall–Kier alpha value is -1.02. The Labute approximate surface area is 129 Å². The zero-order chi connectivity index (χ0) is 15.3. The molecule has 118 valence electrons. The first-order chi connectivity index (χ1) is 10.0. The molecule has 1 aliphatic rings. The lowest BCUT2D eigenvalue weighted by atomic mass is 9.85. The molecule has 2 rings (SSSR count). The highest BCUT2D eigenvalue weighted by molar-refractivity contribution is 5.27. The van der Waals surface area contributed by atoms with Crippen molar-refractivity contribution in [3.63, 3.8) is 0 Å². The van der Waals surface area contributed by atoms with Gasteiger partial charge in [0.25, 0.3) is 0 Å². The smallest absolute Gasteiger partial charge is 0.118 e. The van der Waals surface area contributed by atoms with Gasteiger partial charge in [-0.15, -0.1) is 0 Å². The highest BCUT2D eigenvalue weighted by Gasteiger charge is 2.31. The third-order valence-electron chi connectivity index (χ3n) is 5.18. The van der Waals surface area contributed by atoms with Gasteiger partial charge in [0.15, 0.2) is 0 Å². The maximum absolute atomic E-state index is 10.9. The molecule has 2 atom stereocenters.